The Morgan fingerprint density at radius 3 is 1.95 bits per heavy atom. The lowest BCUT2D eigenvalue weighted by molar-refractivity contribution is 0.322. The highest BCUT2D eigenvalue weighted by molar-refractivity contribution is 5.19. The summed E-state index contributed by atoms with van der Waals surface area (Å²) < 4.78 is 26.4. The number of benzene rings is 1. The van der Waals surface area contributed by atoms with Crippen LogP contribution < -0.4 is 5.32 Å². The Morgan fingerprint density at radius 2 is 1.53 bits per heavy atom. The largest absolute Gasteiger partial charge is 0.316 e. The highest BCUT2D eigenvalue weighted by Gasteiger charge is 2.19. The van der Waals surface area contributed by atoms with E-state index in [0.29, 0.717) is 12.3 Å². The van der Waals surface area contributed by atoms with Crippen molar-refractivity contribution in [3.8, 4) is 0 Å². The molecular formula is C16H25F2N. The molecule has 19 heavy (non-hydrogen) atoms. The minimum Gasteiger partial charge on any atom is -0.316 e. The molecule has 1 rings (SSSR count). The van der Waals surface area contributed by atoms with Crippen LogP contribution in [-0.2, 0) is 6.42 Å². The third kappa shape index (κ3) is 5.27. The highest BCUT2D eigenvalue weighted by atomic mass is 19.1. The summed E-state index contributed by atoms with van der Waals surface area (Å²) in [7, 11) is 1.93. The summed E-state index contributed by atoms with van der Waals surface area (Å²) >= 11 is 0. The van der Waals surface area contributed by atoms with E-state index in [0.717, 1.165) is 37.3 Å². The topological polar surface area (TPSA) is 12.0 Å². The molecule has 0 spiro atoms. The Kier molecular flexibility index (Phi) is 7.00. The molecule has 0 aromatic heterocycles. The fourth-order valence-corrected chi connectivity index (χ4v) is 2.78. The molecular weight excluding hydrogens is 244 g/mol. The van der Waals surface area contributed by atoms with Crippen LogP contribution in [0.4, 0.5) is 8.78 Å². The summed E-state index contributed by atoms with van der Waals surface area (Å²) in [5.74, 6) is -0.425. The maximum Gasteiger partial charge on any atom is 0.126 e. The fraction of sp³-hybridized carbons (Fsp3) is 0.625. The van der Waals surface area contributed by atoms with E-state index in [2.05, 4.69) is 19.2 Å². The van der Waals surface area contributed by atoms with Crippen molar-refractivity contribution in [1.82, 2.24) is 5.32 Å². The van der Waals surface area contributed by atoms with Gasteiger partial charge in [0.1, 0.15) is 11.6 Å². The van der Waals surface area contributed by atoms with Crippen LogP contribution in [0.1, 0.15) is 45.1 Å². The van der Waals surface area contributed by atoms with Crippen LogP contribution in [0.2, 0.25) is 0 Å². The van der Waals surface area contributed by atoms with Crippen molar-refractivity contribution in [3.05, 3.63) is 35.4 Å². The second kappa shape index (κ2) is 8.26. The first kappa shape index (κ1) is 16.1. The van der Waals surface area contributed by atoms with Crippen LogP contribution in [0.25, 0.3) is 0 Å². The first-order chi connectivity index (χ1) is 9.10. The number of hydrogen-bond acceptors (Lipinski definition) is 1. The van der Waals surface area contributed by atoms with Crippen molar-refractivity contribution in [1.29, 1.82) is 0 Å². The summed E-state index contributed by atoms with van der Waals surface area (Å²) in [6.45, 7) is 4.36. The molecule has 1 unspecified atom stereocenters. The van der Waals surface area contributed by atoms with Crippen molar-refractivity contribution in [2.75, 3.05) is 7.05 Å². The van der Waals surface area contributed by atoms with Crippen molar-refractivity contribution in [3.63, 3.8) is 0 Å². The van der Waals surface area contributed by atoms with E-state index in [1.165, 1.54) is 12.1 Å². The van der Waals surface area contributed by atoms with Gasteiger partial charge in [-0.1, -0.05) is 26.7 Å². The summed E-state index contributed by atoms with van der Waals surface area (Å²) in [6.07, 6.45) is 5.25. The van der Waals surface area contributed by atoms with E-state index in [-0.39, 0.29) is 6.04 Å². The van der Waals surface area contributed by atoms with Gasteiger partial charge < -0.3 is 5.32 Å². The smallest absolute Gasteiger partial charge is 0.126 e. The molecule has 1 N–H and O–H groups in total. The predicted octanol–water partition coefficient (Wildman–Crippen LogP) is 4.31. The molecule has 0 aliphatic heterocycles. The lowest BCUT2D eigenvalue weighted by Crippen LogP contribution is -2.35. The first-order valence-corrected chi connectivity index (χ1v) is 7.22. The Balaban J connectivity index is 2.78. The van der Waals surface area contributed by atoms with Gasteiger partial charge in [-0.25, -0.2) is 8.78 Å². The summed E-state index contributed by atoms with van der Waals surface area (Å²) in [6, 6.07) is 4.07. The van der Waals surface area contributed by atoms with E-state index in [4.69, 9.17) is 0 Å². The maximum absolute atomic E-state index is 13.2. The van der Waals surface area contributed by atoms with Crippen LogP contribution in [0.3, 0.4) is 0 Å². The third-order valence-corrected chi connectivity index (χ3v) is 3.64. The van der Waals surface area contributed by atoms with Gasteiger partial charge in [0.15, 0.2) is 0 Å². The Bertz CT molecular complexity index is 353. The van der Waals surface area contributed by atoms with Crippen molar-refractivity contribution >= 4 is 0 Å². The first-order valence-electron chi connectivity index (χ1n) is 7.22. The number of likely N-dealkylation sites (N-methyl/N-ethyl adjacent to an activating group) is 1. The highest BCUT2D eigenvalue weighted by Crippen LogP contribution is 2.21. The number of nitrogens with one attached hydrogen (secondary N) is 1. The average Bonchev–Trinajstić information content (AvgIpc) is 2.34. The molecule has 1 aromatic carbocycles. The van der Waals surface area contributed by atoms with Gasteiger partial charge in [-0.2, -0.15) is 0 Å². The van der Waals surface area contributed by atoms with Gasteiger partial charge in [0.2, 0.25) is 0 Å². The Labute approximate surface area is 115 Å². The van der Waals surface area contributed by atoms with Crippen molar-refractivity contribution < 1.29 is 8.78 Å². The SMILES string of the molecule is CCCC(CCC)C(Cc1cc(F)cc(F)c1)NC. The zero-order valence-electron chi connectivity index (χ0n) is 12.2. The van der Waals surface area contributed by atoms with Gasteiger partial charge in [0.05, 0.1) is 0 Å². The van der Waals surface area contributed by atoms with Crippen LogP contribution in [0, 0.1) is 17.6 Å². The normalized spacial score (nSPS) is 12.9. The van der Waals surface area contributed by atoms with Gasteiger partial charge in [0, 0.05) is 12.1 Å². The van der Waals surface area contributed by atoms with Gasteiger partial charge in [-0.05, 0) is 49.9 Å². The van der Waals surface area contributed by atoms with Crippen LogP contribution >= 0.6 is 0 Å². The second-order valence-electron chi connectivity index (χ2n) is 5.21. The molecule has 0 aliphatic rings. The van der Waals surface area contributed by atoms with Crippen LogP contribution in [0.5, 0.6) is 0 Å². The number of rotatable bonds is 8. The number of halogens is 2. The summed E-state index contributed by atoms with van der Waals surface area (Å²) in [4.78, 5) is 0. The van der Waals surface area contributed by atoms with E-state index in [9.17, 15) is 8.78 Å². The number of hydrogen-bond donors (Lipinski definition) is 1. The fourth-order valence-electron chi connectivity index (χ4n) is 2.78. The Hall–Kier alpha value is -0.960. The quantitative estimate of drug-likeness (QED) is 0.741. The maximum atomic E-state index is 13.2. The van der Waals surface area contributed by atoms with Gasteiger partial charge >= 0.3 is 0 Å². The van der Waals surface area contributed by atoms with E-state index >= 15 is 0 Å². The lowest BCUT2D eigenvalue weighted by Gasteiger charge is -2.26. The van der Waals surface area contributed by atoms with Gasteiger partial charge in [0.25, 0.3) is 0 Å². The average molecular weight is 269 g/mol. The summed E-state index contributed by atoms with van der Waals surface area (Å²) in [5, 5.41) is 3.31. The minimum absolute atomic E-state index is 0.279. The summed E-state index contributed by atoms with van der Waals surface area (Å²) in [5.41, 5.74) is 0.731. The molecule has 1 atom stereocenters. The standard InChI is InChI=1S/C16H25F2N/c1-4-6-13(7-5-2)16(19-3)10-12-8-14(17)11-15(18)9-12/h8-9,11,13,16,19H,4-7,10H2,1-3H3. The molecule has 0 fully saturated rings. The van der Waals surface area contributed by atoms with E-state index in [1.54, 1.807) is 0 Å². The lowest BCUT2D eigenvalue weighted by atomic mass is 9.87. The molecule has 0 radical (unpaired) electrons. The zero-order chi connectivity index (χ0) is 14.3. The Morgan fingerprint density at radius 1 is 1.00 bits per heavy atom. The predicted molar refractivity (Wildman–Crippen MR) is 76.2 cm³/mol. The molecule has 0 amide bonds. The van der Waals surface area contributed by atoms with E-state index < -0.39 is 11.6 Å². The minimum atomic E-state index is -0.493. The van der Waals surface area contributed by atoms with Crippen LogP contribution in [-0.4, -0.2) is 13.1 Å². The third-order valence-electron chi connectivity index (χ3n) is 3.64. The molecule has 0 saturated carbocycles. The molecule has 0 saturated heterocycles. The van der Waals surface area contributed by atoms with Crippen molar-refractivity contribution in [2.45, 2.75) is 52.0 Å². The molecule has 1 nitrogen and oxygen atoms in total. The van der Waals surface area contributed by atoms with Crippen LogP contribution in [0.15, 0.2) is 18.2 Å². The molecule has 3 heteroatoms. The van der Waals surface area contributed by atoms with Gasteiger partial charge in [-0.15, -0.1) is 0 Å². The van der Waals surface area contributed by atoms with Crippen molar-refractivity contribution in [2.24, 2.45) is 5.92 Å². The second-order valence-corrected chi connectivity index (χ2v) is 5.21. The van der Waals surface area contributed by atoms with Gasteiger partial charge in [-0.3, -0.25) is 0 Å². The molecule has 108 valence electrons. The van der Waals surface area contributed by atoms with E-state index in [1.807, 2.05) is 7.05 Å². The zero-order valence-corrected chi connectivity index (χ0v) is 12.2. The monoisotopic (exact) mass is 269 g/mol. The molecule has 0 heterocycles. The molecule has 0 aliphatic carbocycles. The molecule has 1 aromatic rings. The molecule has 0 bridgehead atoms.